The van der Waals surface area contributed by atoms with E-state index < -0.39 is 0 Å². The van der Waals surface area contributed by atoms with Crippen molar-refractivity contribution in [3.05, 3.63) is 29.8 Å². The van der Waals surface area contributed by atoms with Crippen molar-refractivity contribution in [2.75, 3.05) is 13.1 Å². The lowest BCUT2D eigenvalue weighted by molar-refractivity contribution is 0.199. The third-order valence-corrected chi connectivity index (χ3v) is 3.90. The van der Waals surface area contributed by atoms with Crippen molar-refractivity contribution in [1.82, 2.24) is 5.32 Å². The Morgan fingerprint density at radius 1 is 1.19 bits per heavy atom. The lowest BCUT2D eigenvalue weighted by Gasteiger charge is -2.15. The normalized spacial score (nSPS) is 32.7. The Hall–Kier alpha value is -1.02. The van der Waals surface area contributed by atoms with Crippen LogP contribution in [0, 0.1) is 18.8 Å². The van der Waals surface area contributed by atoms with Crippen LogP contribution in [-0.4, -0.2) is 19.2 Å². The third kappa shape index (κ3) is 1.94. The van der Waals surface area contributed by atoms with E-state index in [1.807, 2.05) is 0 Å². The van der Waals surface area contributed by atoms with Crippen LogP contribution >= 0.6 is 0 Å². The molecule has 1 aliphatic carbocycles. The molecule has 0 bridgehead atoms. The molecule has 1 aromatic rings. The van der Waals surface area contributed by atoms with Crippen LogP contribution in [0.4, 0.5) is 0 Å². The highest BCUT2D eigenvalue weighted by Crippen LogP contribution is 2.36. The van der Waals surface area contributed by atoms with Crippen molar-refractivity contribution < 1.29 is 4.74 Å². The molecule has 3 rings (SSSR count). The Morgan fingerprint density at radius 3 is 2.62 bits per heavy atom. The Kier molecular flexibility index (Phi) is 2.60. The molecule has 2 unspecified atom stereocenters. The standard InChI is InChI=1S/C14H19NO/c1-10-3-2-4-13(5-10)16-14-6-11-8-15-9-12(11)7-14/h2-5,11-12,14-15H,6-9H2,1H3. The fraction of sp³-hybridized carbons (Fsp3) is 0.571. The van der Waals surface area contributed by atoms with Crippen molar-refractivity contribution in [2.24, 2.45) is 11.8 Å². The van der Waals surface area contributed by atoms with Gasteiger partial charge in [0, 0.05) is 0 Å². The van der Waals surface area contributed by atoms with Crippen molar-refractivity contribution in [3.8, 4) is 5.75 Å². The van der Waals surface area contributed by atoms with E-state index in [0.717, 1.165) is 17.6 Å². The summed E-state index contributed by atoms with van der Waals surface area (Å²) < 4.78 is 6.06. The van der Waals surface area contributed by atoms with Crippen LogP contribution in [0.5, 0.6) is 5.75 Å². The largest absolute Gasteiger partial charge is 0.490 e. The van der Waals surface area contributed by atoms with Crippen molar-refractivity contribution >= 4 is 0 Å². The number of nitrogens with one attached hydrogen (secondary N) is 1. The molecule has 0 spiro atoms. The van der Waals surface area contributed by atoms with E-state index in [2.05, 4.69) is 36.5 Å². The summed E-state index contributed by atoms with van der Waals surface area (Å²) in [6.07, 6.45) is 2.90. The van der Waals surface area contributed by atoms with Crippen molar-refractivity contribution in [1.29, 1.82) is 0 Å². The van der Waals surface area contributed by atoms with Gasteiger partial charge < -0.3 is 10.1 Å². The zero-order valence-electron chi connectivity index (χ0n) is 9.78. The molecule has 0 radical (unpaired) electrons. The van der Waals surface area contributed by atoms with Gasteiger partial charge in [-0.1, -0.05) is 12.1 Å². The summed E-state index contributed by atoms with van der Waals surface area (Å²) in [5, 5.41) is 3.46. The Balaban J connectivity index is 1.64. The SMILES string of the molecule is Cc1cccc(OC2CC3CNCC3C2)c1. The zero-order valence-corrected chi connectivity index (χ0v) is 9.78. The maximum atomic E-state index is 6.06. The molecule has 2 heteroatoms. The molecular weight excluding hydrogens is 198 g/mol. The first-order chi connectivity index (χ1) is 7.81. The maximum Gasteiger partial charge on any atom is 0.119 e. The number of benzene rings is 1. The zero-order chi connectivity index (χ0) is 11.0. The van der Waals surface area contributed by atoms with E-state index in [1.165, 1.54) is 31.5 Å². The van der Waals surface area contributed by atoms with Gasteiger partial charge in [0.1, 0.15) is 5.75 Å². The van der Waals surface area contributed by atoms with Crippen LogP contribution in [0.15, 0.2) is 24.3 Å². The fourth-order valence-corrected chi connectivity index (χ4v) is 3.09. The predicted molar refractivity (Wildman–Crippen MR) is 64.7 cm³/mol. The molecule has 2 aliphatic rings. The number of aryl methyl sites for hydroxylation is 1. The summed E-state index contributed by atoms with van der Waals surface area (Å²) in [6.45, 7) is 4.50. The van der Waals surface area contributed by atoms with Gasteiger partial charge in [-0.2, -0.15) is 0 Å². The van der Waals surface area contributed by atoms with Gasteiger partial charge in [-0.25, -0.2) is 0 Å². The first-order valence-electron chi connectivity index (χ1n) is 6.25. The van der Waals surface area contributed by atoms with Crippen LogP contribution in [0.3, 0.4) is 0 Å². The summed E-state index contributed by atoms with van der Waals surface area (Å²) in [6, 6.07) is 8.38. The second-order valence-electron chi connectivity index (χ2n) is 5.21. The average molecular weight is 217 g/mol. The molecule has 2 atom stereocenters. The molecule has 2 nitrogen and oxygen atoms in total. The van der Waals surface area contributed by atoms with Crippen LogP contribution in [0.25, 0.3) is 0 Å². The summed E-state index contributed by atoms with van der Waals surface area (Å²) in [7, 11) is 0. The second kappa shape index (κ2) is 4.10. The highest BCUT2D eigenvalue weighted by Gasteiger charge is 2.38. The first-order valence-corrected chi connectivity index (χ1v) is 6.25. The Morgan fingerprint density at radius 2 is 1.94 bits per heavy atom. The summed E-state index contributed by atoms with van der Waals surface area (Å²) in [4.78, 5) is 0. The fourth-order valence-electron chi connectivity index (χ4n) is 3.09. The minimum Gasteiger partial charge on any atom is -0.490 e. The van der Waals surface area contributed by atoms with Crippen molar-refractivity contribution in [3.63, 3.8) is 0 Å². The molecule has 86 valence electrons. The van der Waals surface area contributed by atoms with Crippen LogP contribution < -0.4 is 10.1 Å². The Bertz CT molecular complexity index is 365. The molecule has 1 N–H and O–H groups in total. The molecular formula is C14H19NO. The highest BCUT2D eigenvalue weighted by atomic mass is 16.5. The molecule has 1 saturated carbocycles. The maximum absolute atomic E-state index is 6.06. The summed E-state index contributed by atoms with van der Waals surface area (Å²) in [5.41, 5.74) is 1.28. The topological polar surface area (TPSA) is 21.3 Å². The molecule has 1 saturated heterocycles. The van der Waals surface area contributed by atoms with Gasteiger partial charge >= 0.3 is 0 Å². The summed E-state index contributed by atoms with van der Waals surface area (Å²) >= 11 is 0. The van der Waals surface area contributed by atoms with Gasteiger partial charge in [-0.3, -0.25) is 0 Å². The molecule has 2 fully saturated rings. The van der Waals surface area contributed by atoms with E-state index in [1.54, 1.807) is 0 Å². The van der Waals surface area contributed by atoms with Crippen LogP contribution in [-0.2, 0) is 0 Å². The molecule has 0 amide bonds. The van der Waals surface area contributed by atoms with Gasteiger partial charge in [0.05, 0.1) is 6.10 Å². The van der Waals surface area contributed by atoms with Gasteiger partial charge in [0.15, 0.2) is 0 Å². The molecule has 0 aromatic heterocycles. The van der Waals surface area contributed by atoms with Gasteiger partial charge in [-0.15, -0.1) is 0 Å². The molecule has 16 heavy (non-hydrogen) atoms. The number of fused-ring (bicyclic) bond motifs is 1. The minimum absolute atomic E-state index is 0.443. The van der Waals surface area contributed by atoms with Crippen LogP contribution in [0.1, 0.15) is 18.4 Å². The van der Waals surface area contributed by atoms with Gasteiger partial charge in [0.25, 0.3) is 0 Å². The number of rotatable bonds is 2. The van der Waals surface area contributed by atoms with E-state index in [9.17, 15) is 0 Å². The van der Waals surface area contributed by atoms with Gasteiger partial charge in [-0.05, 0) is 62.4 Å². The average Bonchev–Trinajstić information content (AvgIpc) is 2.77. The van der Waals surface area contributed by atoms with E-state index in [4.69, 9.17) is 4.74 Å². The molecule has 1 aromatic carbocycles. The van der Waals surface area contributed by atoms with E-state index >= 15 is 0 Å². The minimum atomic E-state index is 0.443. The number of ether oxygens (including phenoxy) is 1. The van der Waals surface area contributed by atoms with Gasteiger partial charge in [0.2, 0.25) is 0 Å². The first kappa shape index (κ1) is 10.2. The van der Waals surface area contributed by atoms with E-state index in [-0.39, 0.29) is 0 Å². The second-order valence-corrected chi connectivity index (χ2v) is 5.21. The molecule has 1 heterocycles. The number of hydrogen-bond acceptors (Lipinski definition) is 2. The third-order valence-electron chi connectivity index (χ3n) is 3.90. The monoisotopic (exact) mass is 217 g/mol. The van der Waals surface area contributed by atoms with Crippen molar-refractivity contribution in [2.45, 2.75) is 25.9 Å². The number of hydrogen-bond donors (Lipinski definition) is 1. The molecule has 1 aliphatic heterocycles. The smallest absolute Gasteiger partial charge is 0.119 e. The lowest BCUT2D eigenvalue weighted by atomic mass is 10.0. The summed E-state index contributed by atoms with van der Waals surface area (Å²) in [5.74, 6) is 2.75. The predicted octanol–water partition coefficient (Wildman–Crippen LogP) is 2.37. The highest BCUT2D eigenvalue weighted by molar-refractivity contribution is 5.27. The van der Waals surface area contributed by atoms with Crippen LogP contribution in [0.2, 0.25) is 0 Å². The quantitative estimate of drug-likeness (QED) is 0.821. The Labute approximate surface area is 97.0 Å². The van der Waals surface area contributed by atoms with E-state index in [0.29, 0.717) is 6.10 Å². The lowest BCUT2D eigenvalue weighted by Crippen LogP contribution is -2.18.